The van der Waals surface area contributed by atoms with E-state index >= 15 is 0 Å². The van der Waals surface area contributed by atoms with Crippen LogP contribution in [0.5, 0.6) is 0 Å². The molecule has 3 aromatic rings. The van der Waals surface area contributed by atoms with Crippen LogP contribution in [0.4, 0.5) is 4.39 Å². The van der Waals surface area contributed by atoms with Crippen LogP contribution in [0.1, 0.15) is 21.6 Å². The van der Waals surface area contributed by atoms with Crippen LogP contribution in [0, 0.1) is 5.82 Å². The highest BCUT2D eigenvalue weighted by atomic mass is 32.2. The maximum atomic E-state index is 12.9. The maximum Gasteiger partial charge on any atom is 0.268 e. The summed E-state index contributed by atoms with van der Waals surface area (Å²) >= 11 is 0. The smallest absolute Gasteiger partial charge is 0.268 e. The normalized spacial score (nSPS) is 11.6. The molecule has 2 aromatic carbocycles. The quantitative estimate of drug-likeness (QED) is 0.686. The van der Waals surface area contributed by atoms with Gasteiger partial charge in [0.1, 0.15) is 16.4 Å². The molecule has 0 aliphatic heterocycles. The van der Waals surface area contributed by atoms with E-state index in [1.54, 1.807) is 36.4 Å². The van der Waals surface area contributed by atoms with Gasteiger partial charge < -0.3 is 5.73 Å². The fraction of sp³-hybridized carbons (Fsp3) is 0. The van der Waals surface area contributed by atoms with Gasteiger partial charge in [0.25, 0.3) is 5.91 Å². The Morgan fingerprint density at radius 3 is 2.04 bits per heavy atom. The Morgan fingerprint density at radius 2 is 1.48 bits per heavy atom. The Labute approximate surface area is 155 Å². The Balaban J connectivity index is 1.89. The van der Waals surface area contributed by atoms with Gasteiger partial charge >= 0.3 is 0 Å². The third-order valence-corrected chi connectivity index (χ3v) is 5.62. The number of primary amides is 1. The first-order valence-electron chi connectivity index (χ1n) is 7.91. The molecule has 27 heavy (non-hydrogen) atoms. The molecule has 0 unspecified atom stereocenters. The predicted molar refractivity (Wildman–Crippen MR) is 100.0 cm³/mol. The number of halogens is 1. The van der Waals surface area contributed by atoms with Crippen LogP contribution in [0.2, 0.25) is 0 Å². The first kappa shape index (κ1) is 18.5. The summed E-state index contributed by atoms with van der Waals surface area (Å²) in [4.78, 5) is 15.0. The molecule has 5 nitrogen and oxygen atoms in total. The fourth-order valence-electron chi connectivity index (χ4n) is 2.44. The van der Waals surface area contributed by atoms with Gasteiger partial charge in [-0.05, 0) is 47.5 Å². The third-order valence-electron chi connectivity index (χ3n) is 3.82. The van der Waals surface area contributed by atoms with Crippen molar-refractivity contribution >= 4 is 27.9 Å². The van der Waals surface area contributed by atoms with Crippen molar-refractivity contribution in [2.75, 3.05) is 0 Å². The lowest BCUT2D eigenvalue weighted by Crippen LogP contribution is -2.18. The lowest BCUT2D eigenvalue weighted by molar-refractivity contribution is 0.0992. The lowest BCUT2D eigenvalue weighted by atomic mass is 10.1. The summed E-state index contributed by atoms with van der Waals surface area (Å²) in [5.41, 5.74) is 6.50. The van der Waals surface area contributed by atoms with E-state index in [1.165, 1.54) is 42.6 Å². The molecule has 0 radical (unpaired) electrons. The molecule has 7 heteroatoms. The van der Waals surface area contributed by atoms with Crippen LogP contribution < -0.4 is 5.73 Å². The van der Waals surface area contributed by atoms with Gasteiger partial charge in [0, 0.05) is 6.20 Å². The standard InChI is InChI=1S/C20H15FN2O3S/c21-16-9-5-14(6-10-16)3-4-15-7-11-17(12-8-15)27(25,26)18-2-1-13-23-19(18)20(22)24/h1-13H,(H2,22,24). The number of nitrogens with zero attached hydrogens (tertiary/aromatic N) is 1. The first-order chi connectivity index (χ1) is 12.9. The second-order valence-electron chi connectivity index (χ2n) is 5.67. The zero-order valence-corrected chi connectivity index (χ0v) is 14.9. The zero-order valence-electron chi connectivity index (χ0n) is 14.0. The number of aromatic nitrogens is 1. The van der Waals surface area contributed by atoms with Gasteiger partial charge in [0.15, 0.2) is 0 Å². The molecule has 1 amide bonds. The van der Waals surface area contributed by atoms with Crippen LogP contribution >= 0.6 is 0 Å². The summed E-state index contributed by atoms with van der Waals surface area (Å²) in [5.74, 6) is -1.22. The Hall–Kier alpha value is -3.32. The van der Waals surface area contributed by atoms with Crippen molar-refractivity contribution in [3.05, 3.63) is 89.5 Å². The minimum Gasteiger partial charge on any atom is -0.364 e. The van der Waals surface area contributed by atoms with Crippen molar-refractivity contribution in [2.45, 2.75) is 9.79 Å². The van der Waals surface area contributed by atoms with Crippen molar-refractivity contribution in [1.82, 2.24) is 4.98 Å². The van der Waals surface area contributed by atoms with E-state index in [2.05, 4.69) is 4.98 Å². The number of carbonyl (C=O) groups is 1. The molecular formula is C20H15FN2O3S. The van der Waals surface area contributed by atoms with Crippen molar-refractivity contribution in [2.24, 2.45) is 5.73 Å². The van der Waals surface area contributed by atoms with Crippen LogP contribution in [-0.4, -0.2) is 19.3 Å². The minimum absolute atomic E-state index is 0.0249. The zero-order chi connectivity index (χ0) is 19.4. The van der Waals surface area contributed by atoms with Crippen molar-refractivity contribution < 1.29 is 17.6 Å². The molecule has 0 spiro atoms. The van der Waals surface area contributed by atoms with E-state index in [-0.39, 0.29) is 21.3 Å². The number of sulfone groups is 1. The Bertz CT molecular complexity index is 1110. The summed E-state index contributed by atoms with van der Waals surface area (Å²) < 4.78 is 38.5. The van der Waals surface area contributed by atoms with Gasteiger partial charge in [-0.1, -0.05) is 36.4 Å². The van der Waals surface area contributed by atoms with E-state index < -0.39 is 15.7 Å². The molecule has 2 N–H and O–H groups in total. The van der Waals surface area contributed by atoms with E-state index in [9.17, 15) is 17.6 Å². The van der Waals surface area contributed by atoms with Crippen molar-refractivity contribution in [1.29, 1.82) is 0 Å². The van der Waals surface area contributed by atoms with Gasteiger partial charge in [0.2, 0.25) is 9.84 Å². The van der Waals surface area contributed by atoms with Crippen LogP contribution in [-0.2, 0) is 9.84 Å². The summed E-state index contributed by atoms with van der Waals surface area (Å²) in [6.07, 6.45) is 4.88. The monoisotopic (exact) mass is 382 g/mol. The molecule has 1 heterocycles. The summed E-state index contributed by atoms with van der Waals surface area (Å²) in [7, 11) is -3.93. The van der Waals surface area contributed by atoms with Crippen LogP contribution in [0.15, 0.2) is 76.7 Å². The molecule has 0 bridgehead atoms. The molecule has 0 atom stereocenters. The number of rotatable bonds is 5. The highest BCUT2D eigenvalue weighted by molar-refractivity contribution is 7.91. The molecular weight excluding hydrogens is 367 g/mol. The van der Waals surface area contributed by atoms with E-state index in [0.29, 0.717) is 0 Å². The van der Waals surface area contributed by atoms with E-state index in [0.717, 1.165) is 11.1 Å². The molecule has 0 aliphatic rings. The molecule has 3 rings (SSSR count). The Morgan fingerprint density at radius 1 is 0.926 bits per heavy atom. The largest absolute Gasteiger partial charge is 0.364 e. The number of amides is 1. The highest BCUT2D eigenvalue weighted by Gasteiger charge is 2.24. The molecule has 0 fully saturated rings. The second kappa shape index (κ2) is 7.51. The number of hydrogen-bond acceptors (Lipinski definition) is 4. The number of pyridine rings is 1. The van der Waals surface area contributed by atoms with Gasteiger partial charge in [0.05, 0.1) is 4.90 Å². The minimum atomic E-state index is -3.93. The summed E-state index contributed by atoms with van der Waals surface area (Å²) in [6.45, 7) is 0. The number of nitrogens with two attached hydrogens (primary N) is 1. The van der Waals surface area contributed by atoms with E-state index in [4.69, 9.17) is 5.73 Å². The van der Waals surface area contributed by atoms with Gasteiger partial charge in [-0.25, -0.2) is 17.8 Å². The number of carbonyl (C=O) groups excluding carboxylic acids is 1. The van der Waals surface area contributed by atoms with Crippen molar-refractivity contribution in [3.8, 4) is 0 Å². The summed E-state index contributed by atoms with van der Waals surface area (Å²) in [6, 6.07) is 14.9. The maximum absolute atomic E-state index is 12.9. The van der Waals surface area contributed by atoms with Gasteiger partial charge in [-0.15, -0.1) is 0 Å². The summed E-state index contributed by atoms with van der Waals surface area (Å²) in [5, 5.41) is 0. The molecule has 0 saturated carbocycles. The average Bonchev–Trinajstić information content (AvgIpc) is 2.68. The van der Waals surface area contributed by atoms with Crippen molar-refractivity contribution in [3.63, 3.8) is 0 Å². The predicted octanol–water partition coefficient (Wildman–Crippen LogP) is 3.32. The number of hydrogen-bond donors (Lipinski definition) is 1. The SMILES string of the molecule is NC(=O)c1ncccc1S(=O)(=O)c1ccc(C=Cc2ccc(F)cc2)cc1. The molecule has 1 aromatic heterocycles. The van der Waals surface area contributed by atoms with Gasteiger partial charge in [-0.2, -0.15) is 0 Å². The third kappa shape index (κ3) is 4.09. The second-order valence-corrected chi connectivity index (χ2v) is 7.59. The molecule has 136 valence electrons. The first-order valence-corrected chi connectivity index (χ1v) is 9.40. The highest BCUT2D eigenvalue weighted by Crippen LogP contribution is 2.23. The van der Waals surface area contributed by atoms with Gasteiger partial charge in [-0.3, -0.25) is 4.79 Å². The Kier molecular flexibility index (Phi) is 5.14. The fourth-order valence-corrected chi connectivity index (χ4v) is 3.86. The van der Waals surface area contributed by atoms with E-state index in [1.807, 2.05) is 0 Å². The molecule has 0 aliphatic carbocycles. The molecule has 0 saturated heterocycles. The number of benzene rings is 2. The van der Waals surface area contributed by atoms with Crippen LogP contribution in [0.3, 0.4) is 0 Å². The van der Waals surface area contributed by atoms with Crippen LogP contribution in [0.25, 0.3) is 12.2 Å². The topological polar surface area (TPSA) is 90.1 Å². The average molecular weight is 382 g/mol. The lowest BCUT2D eigenvalue weighted by Gasteiger charge is -2.07.